The molecule has 0 aliphatic heterocycles. The molecule has 0 bridgehead atoms. The molecule has 0 aliphatic carbocycles. The highest BCUT2D eigenvalue weighted by Crippen LogP contribution is 2.18. The van der Waals surface area contributed by atoms with Crippen LogP contribution in [-0.4, -0.2) is 24.8 Å². The molecule has 0 atom stereocenters. The first-order chi connectivity index (χ1) is 11.1. The Morgan fingerprint density at radius 2 is 1.88 bits per heavy atom. The molecule has 6 nitrogen and oxygen atoms in total. The number of hydrogen-bond donors (Lipinski definition) is 2. The van der Waals surface area contributed by atoms with Crippen molar-refractivity contribution in [3.8, 4) is 0 Å². The van der Waals surface area contributed by atoms with Crippen molar-refractivity contribution in [2.45, 2.75) is 31.2 Å². The number of carbonyl (C=O) groups is 1. The lowest BCUT2D eigenvalue weighted by Gasteiger charge is -2.20. The van der Waals surface area contributed by atoms with Gasteiger partial charge in [-0.2, -0.15) is 0 Å². The van der Waals surface area contributed by atoms with Crippen LogP contribution in [0.2, 0.25) is 5.15 Å². The molecule has 2 rings (SSSR count). The summed E-state index contributed by atoms with van der Waals surface area (Å²) in [6, 6.07) is 8.98. The fourth-order valence-corrected chi connectivity index (χ4v) is 3.59. The van der Waals surface area contributed by atoms with E-state index in [1.807, 2.05) is 0 Å². The number of aromatic nitrogens is 1. The quantitative estimate of drug-likeness (QED) is 0.813. The van der Waals surface area contributed by atoms with Crippen LogP contribution < -0.4 is 10.0 Å². The summed E-state index contributed by atoms with van der Waals surface area (Å²) >= 11 is 5.76. The van der Waals surface area contributed by atoms with Crippen molar-refractivity contribution in [3.05, 3.63) is 53.3 Å². The lowest BCUT2D eigenvalue weighted by Crippen LogP contribution is -2.40. The highest BCUT2D eigenvalue weighted by atomic mass is 35.5. The van der Waals surface area contributed by atoms with E-state index in [1.54, 1.807) is 32.9 Å². The van der Waals surface area contributed by atoms with Crippen LogP contribution in [0.5, 0.6) is 0 Å². The second kappa shape index (κ2) is 6.88. The summed E-state index contributed by atoms with van der Waals surface area (Å²) in [7, 11) is -3.68. The number of sulfonamides is 1. The van der Waals surface area contributed by atoms with Gasteiger partial charge in [0.15, 0.2) is 0 Å². The Hall–Kier alpha value is -1.96. The SMILES string of the molecule is CC(C)(C)NS(=O)(=O)c1cccc(NC(=O)c2ccnc(Cl)c2)c1. The van der Waals surface area contributed by atoms with Gasteiger partial charge in [0.2, 0.25) is 10.0 Å². The number of halogens is 1. The summed E-state index contributed by atoms with van der Waals surface area (Å²) in [5.41, 5.74) is 0.0899. The predicted molar refractivity (Wildman–Crippen MR) is 93.7 cm³/mol. The Balaban J connectivity index is 2.23. The van der Waals surface area contributed by atoms with E-state index < -0.39 is 21.5 Å². The third-order valence-corrected chi connectivity index (χ3v) is 4.79. The van der Waals surface area contributed by atoms with E-state index in [-0.39, 0.29) is 10.0 Å². The number of nitrogens with zero attached hydrogens (tertiary/aromatic N) is 1. The summed E-state index contributed by atoms with van der Waals surface area (Å²) in [6.45, 7) is 5.26. The molecule has 0 radical (unpaired) electrons. The number of rotatable bonds is 4. The second-order valence-corrected chi connectivity index (χ2v) is 8.27. The molecule has 8 heteroatoms. The van der Waals surface area contributed by atoms with E-state index in [1.165, 1.54) is 30.5 Å². The highest BCUT2D eigenvalue weighted by molar-refractivity contribution is 7.89. The van der Waals surface area contributed by atoms with Crippen LogP contribution >= 0.6 is 11.6 Å². The Kier molecular flexibility index (Phi) is 5.27. The predicted octanol–water partition coefficient (Wildman–Crippen LogP) is 3.06. The van der Waals surface area contributed by atoms with E-state index in [0.29, 0.717) is 11.3 Å². The highest BCUT2D eigenvalue weighted by Gasteiger charge is 2.22. The van der Waals surface area contributed by atoms with Gasteiger partial charge in [-0.05, 0) is 51.1 Å². The first-order valence-corrected chi connectivity index (χ1v) is 9.00. The van der Waals surface area contributed by atoms with Crippen LogP contribution in [0.25, 0.3) is 0 Å². The zero-order valence-electron chi connectivity index (χ0n) is 13.5. The lowest BCUT2D eigenvalue weighted by molar-refractivity contribution is 0.102. The fraction of sp³-hybridized carbons (Fsp3) is 0.250. The number of carbonyl (C=O) groups excluding carboxylic acids is 1. The van der Waals surface area contributed by atoms with Crippen molar-refractivity contribution in [2.24, 2.45) is 0 Å². The lowest BCUT2D eigenvalue weighted by atomic mass is 10.1. The van der Waals surface area contributed by atoms with Gasteiger partial charge >= 0.3 is 0 Å². The molecule has 2 N–H and O–H groups in total. The van der Waals surface area contributed by atoms with Crippen LogP contribution in [0.3, 0.4) is 0 Å². The molecule has 0 fully saturated rings. The zero-order chi connectivity index (χ0) is 18.0. The normalized spacial score (nSPS) is 12.0. The third-order valence-electron chi connectivity index (χ3n) is 2.83. The van der Waals surface area contributed by atoms with Gasteiger partial charge < -0.3 is 5.32 Å². The number of nitrogens with one attached hydrogen (secondary N) is 2. The number of pyridine rings is 1. The maximum absolute atomic E-state index is 12.4. The van der Waals surface area contributed by atoms with Gasteiger partial charge in [0, 0.05) is 23.0 Å². The van der Waals surface area contributed by atoms with E-state index in [9.17, 15) is 13.2 Å². The van der Waals surface area contributed by atoms with E-state index in [2.05, 4.69) is 15.0 Å². The summed E-state index contributed by atoms with van der Waals surface area (Å²) in [5, 5.41) is 2.85. The molecule has 0 aliphatic rings. The smallest absolute Gasteiger partial charge is 0.255 e. The maximum atomic E-state index is 12.4. The largest absolute Gasteiger partial charge is 0.322 e. The Bertz CT molecular complexity index is 861. The average molecular weight is 368 g/mol. The third kappa shape index (κ3) is 5.02. The van der Waals surface area contributed by atoms with E-state index >= 15 is 0 Å². The van der Waals surface area contributed by atoms with Gasteiger partial charge in [0.1, 0.15) is 5.15 Å². The minimum absolute atomic E-state index is 0.0722. The van der Waals surface area contributed by atoms with Crippen LogP contribution in [0.1, 0.15) is 31.1 Å². The Morgan fingerprint density at radius 1 is 1.17 bits per heavy atom. The van der Waals surface area contributed by atoms with Gasteiger partial charge in [-0.1, -0.05) is 17.7 Å². The van der Waals surface area contributed by atoms with Gasteiger partial charge in [0.25, 0.3) is 5.91 Å². The molecular weight excluding hydrogens is 350 g/mol. The molecule has 1 aromatic carbocycles. The molecule has 1 heterocycles. The molecule has 24 heavy (non-hydrogen) atoms. The molecular formula is C16H18ClN3O3S. The number of anilines is 1. The molecule has 1 aromatic heterocycles. The van der Waals surface area contributed by atoms with Crippen LogP contribution in [-0.2, 0) is 10.0 Å². The molecule has 0 spiro atoms. The van der Waals surface area contributed by atoms with Crippen molar-refractivity contribution >= 4 is 33.2 Å². The summed E-state index contributed by atoms with van der Waals surface area (Å²) in [6.07, 6.45) is 1.42. The number of hydrogen-bond acceptors (Lipinski definition) is 4. The van der Waals surface area contributed by atoms with Gasteiger partial charge in [-0.15, -0.1) is 0 Å². The Labute approximate surface area is 146 Å². The summed E-state index contributed by atoms with van der Waals surface area (Å²) in [5.74, 6) is -0.405. The van der Waals surface area contributed by atoms with Gasteiger partial charge in [-0.3, -0.25) is 4.79 Å². The molecule has 2 aromatic rings. The van der Waals surface area contributed by atoms with Crippen molar-refractivity contribution in [3.63, 3.8) is 0 Å². The Morgan fingerprint density at radius 3 is 2.50 bits per heavy atom. The minimum atomic E-state index is -3.68. The van der Waals surface area contributed by atoms with Gasteiger partial charge in [0.05, 0.1) is 4.90 Å². The van der Waals surface area contributed by atoms with Crippen molar-refractivity contribution in [1.29, 1.82) is 0 Å². The first-order valence-electron chi connectivity index (χ1n) is 7.14. The molecule has 0 saturated carbocycles. The van der Waals surface area contributed by atoms with Crippen LogP contribution in [0.4, 0.5) is 5.69 Å². The summed E-state index contributed by atoms with van der Waals surface area (Å²) in [4.78, 5) is 16.1. The topological polar surface area (TPSA) is 88.2 Å². The first kappa shape index (κ1) is 18.4. The van der Waals surface area contributed by atoms with Gasteiger partial charge in [-0.25, -0.2) is 18.1 Å². The van der Waals surface area contributed by atoms with Crippen LogP contribution in [0, 0.1) is 0 Å². The van der Waals surface area contributed by atoms with E-state index in [4.69, 9.17) is 11.6 Å². The maximum Gasteiger partial charge on any atom is 0.255 e. The van der Waals surface area contributed by atoms with Crippen LogP contribution in [0.15, 0.2) is 47.5 Å². The fourth-order valence-electron chi connectivity index (χ4n) is 1.95. The second-order valence-electron chi connectivity index (χ2n) is 6.20. The summed E-state index contributed by atoms with van der Waals surface area (Å²) < 4.78 is 27.3. The minimum Gasteiger partial charge on any atom is -0.322 e. The standard InChI is InChI=1S/C16H18ClN3O3S/c1-16(2,3)20-24(22,23)13-6-4-5-12(10-13)19-15(21)11-7-8-18-14(17)9-11/h4-10,20H,1-3H3,(H,19,21). The number of benzene rings is 1. The van der Waals surface area contributed by atoms with Crippen molar-refractivity contribution in [1.82, 2.24) is 9.71 Å². The van der Waals surface area contributed by atoms with Crippen molar-refractivity contribution < 1.29 is 13.2 Å². The zero-order valence-corrected chi connectivity index (χ0v) is 15.1. The van der Waals surface area contributed by atoms with Crippen molar-refractivity contribution in [2.75, 3.05) is 5.32 Å². The molecule has 1 amide bonds. The monoisotopic (exact) mass is 367 g/mol. The average Bonchev–Trinajstić information content (AvgIpc) is 2.45. The molecule has 0 unspecified atom stereocenters. The number of amides is 1. The molecule has 128 valence electrons. The molecule has 0 saturated heterocycles. The van der Waals surface area contributed by atoms with E-state index in [0.717, 1.165) is 0 Å².